The molecule has 4 nitrogen and oxygen atoms in total. The van der Waals surface area contributed by atoms with Crippen LogP contribution in [0.5, 0.6) is 0 Å². The van der Waals surface area contributed by atoms with E-state index in [1.165, 1.54) is 6.42 Å². The highest BCUT2D eigenvalue weighted by molar-refractivity contribution is 6.31. The van der Waals surface area contributed by atoms with Crippen molar-refractivity contribution in [1.82, 2.24) is 14.7 Å². The second-order valence-corrected chi connectivity index (χ2v) is 6.58. The topological polar surface area (TPSA) is 38.1 Å². The molecule has 23 heavy (non-hydrogen) atoms. The monoisotopic (exact) mass is 331 g/mol. The maximum atomic E-state index is 12.9. The van der Waals surface area contributed by atoms with Crippen LogP contribution < -0.4 is 0 Å². The molecule has 0 unspecified atom stereocenters. The number of amides is 1. The van der Waals surface area contributed by atoms with Crippen molar-refractivity contribution in [2.45, 2.75) is 45.2 Å². The van der Waals surface area contributed by atoms with Crippen molar-refractivity contribution in [1.29, 1.82) is 0 Å². The fourth-order valence-electron chi connectivity index (χ4n) is 3.23. The predicted octanol–water partition coefficient (Wildman–Crippen LogP) is 3.93. The summed E-state index contributed by atoms with van der Waals surface area (Å²) in [4.78, 5) is 14.9. The molecule has 3 rings (SSSR count). The van der Waals surface area contributed by atoms with Crippen LogP contribution >= 0.6 is 11.6 Å². The lowest BCUT2D eigenvalue weighted by molar-refractivity contribution is 0.0594. The van der Waals surface area contributed by atoms with E-state index in [0.717, 1.165) is 43.5 Å². The van der Waals surface area contributed by atoms with E-state index in [-0.39, 0.29) is 11.9 Å². The van der Waals surface area contributed by atoms with Crippen LogP contribution in [0.15, 0.2) is 36.7 Å². The highest BCUT2D eigenvalue weighted by Gasteiger charge is 2.27. The smallest absolute Gasteiger partial charge is 0.254 e. The van der Waals surface area contributed by atoms with E-state index in [9.17, 15) is 4.79 Å². The summed E-state index contributed by atoms with van der Waals surface area (Å²) in [6.07, 6.45) is 8.04. The van der Waals surface area contributed by atoms with Crippen LogP contribution in [-0.2, 0) is 6.54 Å². The number of halogens is 1. The molecular formula is C18H22ClN3O. The van der Waals surface area contributed by atoms with E-state index in [2.05, 4.69) is 5.10 Å². The number of nitrogens with zero attached hydrogens (tertiary/aromatic N) is 3. The lowest BCUT2D eigenvalue weighted by atomic mass is 9.98. The second kappa shape index (κ2) is 7.18. The molecular weight excluding hydrogens is 310 g/mol. The van der Waals surface area contributed by atoms with Gasteiger partial charge in [-0.15, -0.1) is 0 Å². The van der Waals surface area contributed by atoms with Crippen LogP contribution in [0.4, 0.5) is 0 Å². The lowest BCUT2D eigenvalue weighted by Gasteiger charge is -2.36. The van der Waals surface area contributed by atoms with Gasteiger partial charge in [-0.2, -0.15) is 5.10 Å². The Morgan fingerprint density at radius 2 is 2.26 bits per heavy atom. The molecule has 1 aromatic carbocycles. The molecule has 2 aromatic rings. The van der Waals surface area contributed by atoms with Gasteiger partial charge in [-0.05, 0) is 62.4 Å². The zero-order chi connectivity index (χ0) is 16.2. The van der Waals surface area contributed by atoms with Crippen LogP contribution in [0.25, 0.3) is 0 Å². The number of piperidine rings is 1. The molecule has 1 saturated heterocycles. The molecule has 2 heterocycles. The Balaban J connectivity index is 1.71. The number of carbonyl (C=O) groups is 1. The Kier molecular flexibility index (Phi) is 5.01. The molecule has 1 fully saturated rings. The minimum Gasteiger partial charge on any atom is -0.336 e. The fourth-order valence-corrected chi connectivity index (χ4v) is 3.34. The summed E-state index contributed by atoms with van der Waals surface area (Å²) in [5.41, 5.74) is 1.68. The van der Waals surface area contributed by atoms with Crippen molar-refractivity contribution in [3.05, 3.63) is 52.8 Å². The maximum absolute atomic E-state index is 12.9. The predicted molar refractivity (Wildman–Crippen MR) is 91.7 cm³/mol. The van der Waals surface area contributed by atoms with Gasteiger partial charge in [0.15, 0.2) is 0 Å². The largest absolute Gasteiger partial charge is 0.336 e. The van der Waals surface area contributed by atoms with Crippen molar-refractivity contribution in [3.8, 4) is 0 Å². The van der Waals surface area contributed by atoms with Gasteiger partial charge in [-0.25, -0.2) is 0 Å². The number of likely N-dealkylation sites (tertiary alicyclic amines) is 1. The van der Waals surface area contributed by atoms with E-state index in [1.807, 2.05) is 47.0 Å². The van der Waals surface area contributed by atoms with E-state index >= 15 is 0 Å². The van der Waals surface area contributed by atoms with E-state index in [0.29, 0.717) is 5.02 Å². The van der Waals surface area contributed by atoms with Crippen LogP contribution in [-0.4, -0.2) is 33.2 Å². The average Bonchev–Trinajstić information content (AvgIpc) is 3.08. The number of hydrogen-bond donors (Lipinski definition) is 0. The van der Waals surface area contributed by atoms with Crippen molar-refractivity contribution in [2.24, 2.45) is 0 Å². The number of benzene rings is 1. The summed E-state index contributed by atoms with van der Waals surface area (Å²) in [6, 6.07) is 7.75. The summed E-state index contributed by atoms with van der Waals surface area (Å²) in [6.45, 7) is 3.62. The molecule has 122 valence electrons. The summed E-state index contributed by atoms with van der Waals surface area (Å²) in [7, 11) is 0. The van der Waals surface area contributed by atoms with Crippen molar-refractivity contribution < 1.29 is 4.79 Å². The Bertz CT molecular complexity index is 669. The molecule has 5 heteroatoms. The number of carbonyl (C=O) groups excluding carboxylic acids is 1. The van der Waals surface area contributed by atoms with Crippen LogP contribution in [0.2, 0.25) is 5.02 Å². The zero-order valence-electron chi connectivity index (χ0n) is 13.4. The Morgan fingerprint density at radius 1 is 1.39 bits per heavy atom. The fraction of sp³-hybridized carbons (Fsp3) is 0.444. The quantitative estimate of drug-likeness (QED) is 0.851. The van der Waals surface area contributed by atoms with Gasteiger partial charge in [0.2, 0.25) is 0 Å². The number of aromatic nitrogens is 2. The summed E-state index contributed by atoms with van der Waals surface area (Å²) in [5, 5.41) is 4.95. The average molecular weight is 332 g/mol. The van der Waals surface area contributed by atoms with Gasteiger partial charge in [0.25, 0.3) is 5.91 Å². The summed E-state index contributed by atoms with van der Waals surface area (Å²) < 4.78 is 1.93. The van der Waals surface area contributed by atoms with Crippen LogP contribution in [0.3, 0.4) is 0 Å². The third-order valence-electron chi connectivity index (χ3n) is 4.54. The summed E-state index contributed by atoms with van der Waals surface area (Å²) in [5.74, 6) is 0.120. The first kappa shape index (κ1) is 16.1. The molecule has 0 spiro atoms. The molecule has 0 aliphatic carbocycles. The Hall–Kier alpha value is -1.81. The van der Waals surface area contributed by atoms with Gasteiger partial charge >= 0.3 is 0 Å². The molecule has 1 amide bonds. The van der Waals surface area contributed by atoms with Crippen molar-refractivity contribution in [3.63, 3.8) is 0 Å². The molecule has 0 bridgehead atoms. The van der Waals surface area contributed by atoms with Gasteiger partial charge in [-0.3, -0.25) is 9.48 Å². The highest BCUT2D eigenvalue weighted by atomic mass is 35.5. The third kappa shape index (κ3) is 3.75. The van der Waals surface area contributed by atoms with Crippen LogP contribution in [0.1, 0.15) is 41.6 Å². The first-order valence-electron chi connectivity index (χ1n) is 8.19. The zero-order valence-corrected chi connectivity index (χ0v) is 14.2. The number of rotatable bonds is 4. The van der Waals surface area contributed by atoms with Gasteiger partial charge in [0.1, 0.15) is 0 Å². The standard InChI is InChI=1S/C18H22ClN3O/c1-14-13-15(6-7-17(14)19)18(23)22-11-3-2-5-16(22)8-12-21-10-4-9-20-21/h4,6-7,9-10,13,16H,2-3,5,8,11-12H2,1H3/t16-/m0/s1. The lowest BCUT2D eigenvalue weighted by Crippen LogP contribution is -2.44. The number of hydrogen-bond acceptors (Lipinski definition) is 2. The van der Waals surface area contributed by atoms with E-state index in [1.54, 1.807) is 6.20 Å². The Morgan fingerprint density at radius 3 is 3.00 bits per heavy atom. The summed E-state index contributed by atoms with van der Waals surface area (Å²) >= 11 is 6.07. The molecule has 1 atom stereocenters. The molecule has 1 aliphatic rings. The highest BCUT2D eigenvalue weighted by Crippen LogP contribution is 2.24. The maximum Gasteiger partial charge on any atom is 0.254 e. The SMILES string of the molecule is Cc1cc(C(=O)N2CCCC[C@H]2CCn2cccn2)ccc1Cl. The molecule has 0 N–H and O–H groups in total. The molecule has 1 aliphatic heterocycles. The molecule has 0 radical (unpaired) electrons. The van der Waals surface area contributed by atoms with E-state index < -0.39 is 0 Å². The van der Waals surface area contributed by atoms with Crippen molar-refractivity contribution >= 4 is 17.5 Å². The minimum atomic E-state index is 0.120. The van der Waals surface area contributed by atoms with Gasteiger partial charge in [0, 0.05) is 42.1 Å². The molecule has 0 saturated carbocycles. The van der Waals surface area contributed by atoms with Gasteiger partial charge in [0.05, 0.1) is 0 Å². The van der Waals surface area contributed by atoms with E-state index in [4.69, 9.17) is 11.6 Å². The molecule has 1 aromatic heterocycles. The van der Waals surface area contributed by atoms with Crippen molar-refractivity contribution in [2.75, 3.05) is 6.54 Å². The number of aryl methyl sites for hydroxylation is 2. The normalized spacial score (nSPS) is 18.2. The third-order valence-corrected chi connectivity index (χ3v) is 4.97. The van der Waals surface area contributed by atoms with Crippen LogP contribution in [0, 0.1) is 6.92 Å². The minimum absolute atomic E-state index is 0.120. The Labute approximate surface area is 142 Å². The van der Waals surface area contributed by atoms with Gasteiger partial charge < -0.3 is 4.90 Å². The first-order chi connectivity index (χ1) is 11.1. The first-order valence-corrected chi connectivity index (χ1v) is 8.57. The van der Waals surface area contributed by atoms with Gasteiger partial charge in [-0.1, -0.05) is 11.6 Å². The second-order valence-electron chi connectivity index (χ2n) is 6.17.